The van der Waals surface area contributed by atoms with Gasteiger partial charge >= 0.3 is 0 Å². The number of hydrogen-bond acceptors (Lipinski definition) is 5. The van der Waals surface area contributed by atoms with E-state index in [0.29, 0.717) is 10.6 Å². The largest absolute Gasteiger partial charge is 0.369 e. The van der Waals surface area contributed by atoms with Crippen LogP contribution in [-0.2, 0) is 10.3 Å². The van der Waals surface area contributed by atoms with Crippen LogP contribution in [0.15, 0.2) is 34.6 Å². The number of hydrogen-bond donors (Lipinski definition) is 2. The van der Waals surface area contributed by atoms with Gasteiger partial charge in [0.1, 0.15) is 5.82 Å². The fourth-order valence-electron chi connectivity index (χ4n) is 2.82. The summed E-state index contributed by atoms with van der Waals surface area (Å²) in [6.45, 7) is 3.56. The maximum Gasteiger partial charge on any atom is 0.265 e. The Kier molecular flexibility index (Phi) is 4.53. The molecular weight excluding hydrogens is 355 g/mol. The molecule has 6 nitrogen and oxygen atoms in total. The molecule has 0 saturated carbocycles. The van der Waals surface area contributed by atoms with E-state index in [2.05, 4.69) is 10.3 Å². The Morgan fingerprint density at radius 2 is 2.15 bits per heavy atom. The molecule has 2 aromatic rings. The monoisotopic (exact) mass is 374 g/mol. The van der Waals surface area contributed by atoms with Crippen molar-refractivity contribution >= 4 is 34.8 Å². The smallest absolute Gasteiger partial charge is 0.265 e. The molecule has 0 radical (unpaired) electrons. The molecule has 3 rings (SSSR count). The first kappa shape index (κ1) is 18.1. The highest BCUT2D eigenvalue weighted by Gasteiger charge is 2.38. The van der Waals surface area contributed by atoms with E-state index in [1.54, 1.807) is 13.0 Å². The van der Waals surface area contributed by atoms with Gasteiger partial charge in [-0.3, -0.25) is 14.5 Å². The summed E-state index contributed by atoms with van der Waals surface area (Å²) in [4.78, 5) is 30.6. The average Bonchev–Trinajstić information content (AvgIpc) is 3.01. The summed E-state index contributed by atoms with van der Waals surface area (Å²) in [5.41, 5.74) is 6.31. The van der Waals surface area contributed by atoms with Crippen LogP contribution in [0.5, 0.6) is 0 Å². The van der Waals surface area contributed by atoms with Gasteiger partial charge in [-0.2, -0.15) is 0 Å². The SMILES string of the molecule is Cc1csc(C(=O)Nc2ccc(F)c(C3(C)CC(=O)N(C)C(N)=N3)c2)c1. The molecule has 0 aliphatic carbocycles. The van der Waals surface area contributed by atoms with E-state index in [-0.39, 0.29) is 29.8 Å². The molecule has 0 spiro atoms. The van der Waals surface area contributed by atoms with Crippen molar-refractivity contribution in [3.05, 3.63) is 51.5 Å². The highest BCUT2D eigenvalue weighted by atomic mass is 32.1. The van der Waals surface area contributed by atoms with Gasteiger partial charge in [0, 0.05) is 18.3 Å². The number of nitrogens with two attached hydrogens (primary N) is 1. The van der Waals surface area contributed by atoms with Gasteiger partial charge in [0.15, 0.2) is 5.96 Å². The van der Waals surface area contributed by atoms with Crippen LogP contribution < -0.4 is 11.1 Å². The number of nitrogens with one attached hydrogen (secondary N) is 1. The zero-order valence-corrected chi connectivity index (χ0v) is 15.5. The van der Waals surface area contributed by atoms with Crippen LogP contribution in [-0.4, -0.2) is 29.7 Å². The number of halogens is 1. The van der Waals surface area contributed by atoms with Gasteiger partial charge < -0.3 is 11.1 Å². The van der Waals surface area contributed by atoms with E-state index in [0.717, 1.165) is 5.56 Å². The Bertz CT molecular complexity index is 924. The first-order valence-corrected chi connectivity index (χ1v) is 8.86. The molecule has 1 unspecified atom stereocenters. The molecule has 1 aromatic heterocycles. The highest BCUT2D eigenvalue weighted by Crippen LogP contribution is 2.36. The Morgan fingerprint density at radius 1 is 1.42 bits per heavy atom. The lowest BCUT2D eigenvalue weighted by Crippen LogP contribution is -2.47. The van der Waals surface area contributed by atoms with Gasteiger partial charge in [-0.25, -0.2) is 9.38 Å². The minimum absolute atomic E-state index is 0.0113. The number of aliphatic imine (C=N–C) groups is 1. The molecule has 136 valence electrons. The van der Waals surface area contributed by atoms with E-state index in [1.165, 1.54) is 41.5 Å². The molecule has 1 aromatic carbocycles. The zero-order valence-electron chi connectivity index (χ0n) is 14.7. The molecule has 8 heteroatoms. The number of amides is 2. The van der Waals surface area contributed by atoms with Crippen LogP contribution in [0.3, 0.4) is 0 Å². The lowest BCUT2D eigenvalue weighted by molar-refractivity contribution is -0.128. The van der Waals surface area contributed by atoms with Crippen LogP contribution in [0.1, 0.15) is 34.1 Å². The van der Waals surface area contributed by atoms with Gasteiger partial charge in [0.2, 0.25) is 5.91 Å². The van der Waals surface area contributed by atoms with Crippen molar-refractivity contribution in [2.24, 2.45) is 10.7 Å². The predicted octanol–water partition coefficient (Wildman–Crippen LogP) is 2.84. The number of carbonyl (C=O) groups is 2. The van der Waals surface area contributed by atoms with Gasteiger partial charge in [-0.1, -0.05) is 0 Å². The number of nitrogens with zero attached hydrogens (tertiary/aromatic N) is 2. The molecule has 1 aliphatic rings. The van der Waals surface area contributed by atoms with Crippen molar-refractivity contribution in [3.8, 4) is 0 Å². The van der Waals surface area contributed by atoms with Crippen LogP contribution >= 0.6 is 11.3 Å². The van der Waals surface area contributed by atoms with Crippen LogP contribution in [0.25, 0.3) is 0 Å². The molecule has 0 bridgehead atoms. The third-order valence-corrected chi connectivity index (χ3v) is 5.38. The summed E-state index contributed by atoms with van der Waals surface area (Å²) >= 11 is 1.34. The van der Waals surface area contributed by atoms with Crippen LogP contribution in [0.2, 0.25) is 0 Å². The van der Waals surface area contributed by atoms with Crippen LogP contribution in [0, 0.1) is 12.7 Å². The number of carbonyl (C=O) groups excluding carboxylic acids is 2. The van der Waals surface area contributed by atoms with Crippen molar-refractivity contribution in [1.29, 1.82) is 0 Å². The summed E-state index contributed by atoms with van der Waals surface area (Å²) in [7, 11) is 1.52. The van der Waals surface area contributed by atoms with E-state index in [9.17, 15) is 14.0 Å². The van der Waals surface area contributed by atoms with Crippen molar-refractivity contribution in [3.63, 3.8) is 0 Å². The molecule has 26 heavy (non-hydrogen) atoms. The minimum atomic E-state index is -1.13. The summed E-state index contributed by atoms with van der Waals surface area (Å²) in [6.07, 6.45) is -0.0113. The standard InChI is InChI=1S/C18H19FN4O2S/c1-10-6-14(26-9-10)16(25)21-11-4-5-13(19)12(7-11)18(2)8-15(24)23(3)17(20)22-18/h4-7,9H,8H2,1-3H3,(H2,20,22)(H,21,25). The van der Waals surface area contributed by atoms with Crippen molar-refractivity contribution < 1.29 is 14.0 Å². The molecular formula is C18H19FN4O2S. The Labute approximate surface area is 154 Å². The maximum atomic E-state index is 14.5. The number of guanidine groups is 1. The van der Waals surface area contributed by atoms with Crippen molar-refractivity contribution in [1.82, 2.24) is 4.90 Å². The normalized spacial score (nSPS) is 20.1. The molecule has 2 heterocycles. The minimum Gasteiger partial charge on any atom is -0.369 e. The second-order valence-electron chi connectivity index (χ2n) is 6.51. The van der Waals surface area contributed by atoms with Crippen molar-refractivity contribution in [2.75, 3.05) is 12.4 Å². The topological polar surface area (TPSA) is 87.8 Å². The summed E-state index contributed by atoms with van der Waals surface area (Å²) in [5, 5.41) is 4.64. The van der Waals surface area contributed by atoms with Gasteiger partial charge in [0.25, 0.3) is 5.91 Å². The van der Waals surface area contributed by atoms with E-state index in [1.807, 2.05) is 12.3 Å². The molecule has 3 N–H and O–H groups in total. The number of anilines is 1. The second kappa shape index (κ2) is 6.53. The molecule has 1 atom stereocenters. The molecule has 0 fully saturated rings. The number of thiophene rings is 1. The first-order valence-electron chi connectivity index (χ1n) is 7.98. The van der Waals surface area contributed by atoms with E-state index < -0.39 is 11.4 Å². The van der Waals surface area contributed by atoms with Gasteiger partial charge in [0.05, 0.1) is 16.8 Å². The number of benzene rings is 1. The Morgan fingerprint density at radius 3 is 2.77 bits per heavy atom. The number of rotatable bonds is 3. The first-order chi connectivity index (χ1) is 12.2. The predicted molar refractivity (Wildman–Crippen MR) is 99.8 cm³/mol. The lowest BCUT2D eigenvalue weighted by Gasteiger charge is -2.34. The lowest BCUT2D eigenvalue weighted by atomic mass is 9.87. The van der Waals surface area contributed by atoms with E-state index in [4.69, 9.17) is 5.73 Å². The summed E-state index contributed by atoms with van der Waals surface area (Å²) in [5.74, 6) is -0.991. The Balaban J connectivity index is 1.93. The Hall–Kier alpha value is -2.74. The summed E-state index contributed by atoms with van der Waals surface area (Å²) in [6, 6.07) is 6.02. The van der Waals surface area contributed by atoms with Gasteiger partial charge in [-0.15, -0.1) is 11.3 Å². The van der Waals surface area contributed by atoms with Crippen LogP contribution in [0.4, 0.5) is 10.1 Å². The molecule has 1 aliphatic heterocycles. The quantitative estimate of drug-likeness (QED) is 0.866. The maximum absolute atomic E-state index is 14.5. The fourth-order valence-corrected chi connectivity index (χ4v) is 3.62. The summed E-state index contributed by atoms with van der Waals surface area (Å²) < 4.78 is 14.5. The van der Waals surface area contributed by atoms with Gasteiger partial charge in [-0.05, 0) is 49.1 Å². The number of aryl methyl sites for hydroxylation is 1. The highest BCUT2D eigenvalue weighted by molar-refractivity contribution is 7.12. The van der Waals surface area contributed by atoms with E-state index >= 15 is 0 Å². The third-order valence-electron chi connectivity index (χ3n) is 4.33. The molecule has 0 saturated heterocycles. The molecule has 2 amide bonds. The zero-order chi connectivity index (χ0) is 19.1. The average molecular weight is 374 g/mol. The second-order valence-corrected chi connectivity index (χ2v) is 7.42. The fraction of sp³-hybridized carbons (Fsp3) is 0.278. The third kappa shape index (κ3) is 3.32. The van der Waals surface area contributed by atoms with Crippen molar-refractivity contribution in [2.45, 2.75) is 25.8 Å².